The highest BCUT2D eigenvalue weighted by Gasteiger charge is 2.21. The van der Waals surface area contributed by atoms with Crippen LogP contribution in [0.5, 0.6) is 5.75 Å². The number of anilines is 1. The van der Waals surface area contributed by atoms with Gasteiger partial charge < -0.3 is 14.5 Å². The Morgan fingerprint density at radius 2 is 1.71 bits per heavy atom. The van der Waals surface area contributed by atoms with Crippen LogP contribution < -0.4 is 15.7 Å². The summed E-state index contributed by atoms with van der Waals surface area (Å²) in [5.41, 5.74) is 0.459. The number of hydrogen-bond acceptors (Lipinski definition) is 6. The van der Waals surface area contributed by atoms with Gasteiger partial charge in [0.05, 0.1) is 12.0 Å². The zero-order valence-corrected chi connectivity index (χ0v) is 19.3. The summed E-state index contributed by atoms with van der Waals surface area (Å²) in [6, 6.07) is 21.5. The van der Waals surface area contributed by atoms with Crippen molar-refractivity contribution in [3.05, 3.63) is 100 Å². The third-order valence-corrected chi connectivity index (χ3v) is 7.07. The standard InChI is InChI=1S/C25H22N2O6S/c1-27(16-17-7-4-3-5-8-17)34(30,31)20-13-11-19(12-14-20)26-24(28)21-15-18-9-6-10-22(32-2)23(18)33-25(21)29/h3-15H,16H2,1-2H3,(H,26,28). The molecular weight excluding hydrogens is 456 g/mol. The summed E-state index contributed by atoms with van der Waals surface area (Å²) in [5.74, 6) is -0.286. The van der Waals surface area contributed by atoms with Crippen LogP contribution in [0.1, 0.15) is 15.9 Å². The second-order valence-corrected chi connectivity index (χ2v) is 9.60. The Morgan fingerprint density at radius 1 is 1.00 bits per heavy atom. The fourth-order valence-corrected chi connectivity index (χ4v) is 4.61. The maximum absolute atomic E-state index is 12.9. The SMILES string of the molecule is COc1cccc2cc(C(=O)Nc3ccc(S(=O)(=O)N(C)Cc4ccccc4)cc3)c(=O)oc12. The van der Waals surface area contributed by atoms with Gasteiger partial charge in [-0.3, -0.25) is 4.79 Å². The van der Waals surface area contributed by atoms with Crippen molar-refractivity contribution >= 4 is 32.6 Å². The molecule has 0 fully saturated rings. The molecule has 1 heterocycles. The number of methoxy groups -OCH3 is 1. The lowest BCUT2D eigenvalue weighted by Gasteiger charge is -2.17. The number of fused-ring (bicyclic) bond motifs is 1. The number of ether oxygens (including phenoxy) is 1. The van der Waals surface area contributed by atoms with Crippen LogP contribution in [-0.2, 0) is 16.6 Å². The normalized spacial score (nSPS) is 11.5. The van der Waals surface area contributed by atoms with E-state index in [1.807, 2.05) is 30.3 Å². The van der Waals surface area contributed by atoms with Gasteiger partial charge in [0.2, 0.25) is 10.0 Å². The van der Waals surface area contributed by atoms with E-state index >= 15 is 0 Å². The van der Waals surface area contributed by atoms with Gasteiger partial charge in [0.25, 0.3) is 5.91 Å². The van der Waals surface area contributed by atoms with E-state index in [-0.39, 0.29) is 22.6 Å². The van der Waals surface area contributed by atoms with E-state index in [1.165, 1.54) is 48.8 Å². The van der Waals surface area contributed by atoms with Gasteiger partial charge in [-0.05, 0) is 42.0 Å². The van der Waals surface area contributed by atoms with E-state index in [0.29, 0.717) is 16.8 Å². The first-order valence-electron chi connectivity index (χ1n) is 10.3. The van der Waals surface area contributed by atoms with Gasteiger partial charge in [0.1, 0.15) is 5.56 Å². The minimum absolute atomic E-state index is 0.0845. The van der Waals surface area contributed by atoms with Crippen molar-refractivity contribution in [2.24, 2.45) is 0 Å². The average Bonchev–Trinajstić information content (AvgIpc) is 2.84. The molecule has 1 aromatic heterocycles. The lowest BCUT2D eigenvalue weighted by atomic mass is 10.1. The summed E-state index contributed by atoms with van der Waals surface area (Å²) in [6.45, 7) is 0.226. The molecule has 0 spiro atoms. The minimum Gasteiger partial charge on any atom is -0.493 e. The van der Waals surface area contributed by atoms with Crippen LogP contribution in [0.3, 0.4) is 0 Å². The highest BCUT2D eigenvalue weighted by Crippen LogP contribution is 2.25. The molecule has 0 aliphatic heterocycles. The second kappa shape index (κ2) is 9.50. The number of para-hydroxylation sites is 1. The van der Waals surface area contributed by atoms with Crippen LogP contribution in [0.2, 0.25) is 0 Å². The third kappa shape index (κ3) is 4.70. The van der Waals surface area contributed by atoms with Gasteiger partial charge >= 0.3 is 5.63 Å². The molecule has 3 aromatic carbocycles. The number of rotatable bonds is 7. The minimum atomic E-state index is -3.73. The molecule has 1 amide bonds. The lowest BCUT2D eigenvalue weighted by Crippen LogP contribution is -2.26. The summed E-state index contributed by atoms with van der Waals surface area (Å²) in [6.07, 6.45) is 0. The molecule has 8 nitrogen and oxygen atoms in total. The van der Waals surface area contributed by atoms with Gasteiger partial charge in [-0.1, -0.05) is 42.5 Å². The number of sulfonamides is 1. The lowest BCUT2D eigenvalue weighted by molar-refractivity contribution is 0.102. The fourth-order valence-electron chi connectivity index (χ4n) is 3.45. The molecule has 34 heavy (non-hydrogen) atoms. The van der Waals surface area contributed by atoms with Crippen LogP contribution in [0.4, 0.5) is 5.69 Å². The number of carbonyl (C=O) groups is 1. The number of benzene rings is 3. The Balaban J connectivity index is 1.52. The molecule has 174 valence electrons. The van der Waals surface area contributed by atoms with E-state index < -0.39 is 21.6 Å². The predicted octanol–water partition coefficient (Wildman–Crippen LogP) is 3.87. The zero-order valence-electron chi connectivity index (χ0n) is 18.5. The first kappa shape index (κ1) is 23.2. The molecular formula is C25H22N2O6S. The number of nitrogens with one attached hydrogen (secondary N) is 1. The molecule has 0 aliphatic rings. The quantitative estimate of drug-likeness (QED) is 0.404. The molecule has 0 aliphatic carbocycles. The van der Waals surface area contributed by atoms with E-state index in [0.717, 1.165) is 5.56 Å². The van der Waals surface area contributed by atoms with Gasteiger partial charge in [-0.2, -0.15) is 4.31 Å². The van der Waals surface area contributed by atoms with Crippen molar-refractivity contribution in [2.45, 2.75) is 11.4 Å². The Labute approximate surface area is 196 Å². The maximum atomic E-state index is 12.9. The molecule has 1 N–H and O–H groups in total. The van der Waals surface area contributed by atoms with Gasteiger partial charge in [0, 0.05) is 24.7 Å². The van der Waals surface area contributed by atoms with Crippen molar-refractivity contribution in [3.8, 4) is 5.75 Å². The van der Waals surface area contributed by atoms with Gasteiger partial charge in [-0.25, -0.2) is 13.2 Å². The first-order chi connectivity index (χ1) is 16.3. The van der Waals surface area contributed by atoms with E-state index in [2.05, 4.69) is 5.32 Å². The molecule has 0 bridgehead atoms. The van der Waals surface area contributed by atoms with E-state index in [4.69, 9.17) is 9.15 Å². The summed E-state index contributed by atoms with van der Waals surface area (Å²) in [4.78, 5) is 25.2. The highest BCUT2D eigenvalue weighted by molar-refractivity contribution is 7.89. The third-order valence-electron chi connectivity index (χ3n) is 5.26. The number of hydrogen-bond donors (Lipinski definition) is 1. The first-order valence-corrected chi connectivity index (χ1v) is 11.8. The number of amides is 1. The van der Waals surface area contributed by atoms with Crippen molar-refractivity contribution < 1.29 is 22.4 Å². The zero-order chi connectivity index (χ0) is 24.3. The molecule has 0 unspecified atom stereocenters. The molecule has 0 radical (unpaired) electrons. The highest BCUT2D eigenvalue weighted by atomic mass is 32.2. The second-order valence-electron chi connectivity index (χ2n) is 7.55. The summed E-state index contributed by atoms with van der Waals surface area (Å²) >= 11 is 0. The van der Waals surface area contributed by atoms with Crippen molar-refractivity contribution in [1.29, 1.82) is 0 Å². The predicted molar refractivity (Wildman–Crippen MR) is 129 cm³/mol. The van der Waals surface area contributed by atoms with Crippen LogP contribution in [-0.4, -0.2) is 32.8 Å². The monoisotopic (exact) mass is 478 g/mol. The number of carbonyl (C=O) groups excluding carboxylic acids is 1. The Kier molecular flexibility index (Phi) is 6.49. The topological polar surface area (TPSA) is 106 Å². The van der Waals surface area contributed by atoms with Crippen LogP contribution >= 0.6 is 0 Å². The maximum Gasteiger partial charge on any atom is 0.349 e. The molecule has 0 saturated heterocycles. The Morgan fingerprint density at radius 3 is 2.38 bits per heavy atom. The molecule has 4 aromatic rings. The van der Waals surface area contributed by atoms with Gasteiger partial charge in [0.15, 0.2) is 11.3 Å². The summed E-state index contributed by atoms with van der Waals surface area (Å²) < 4.78 is 37.5. The average molecular weight is 479 g/mol. The Hall–Kier alpha value is -3.95. The molecule has 0 atom stereocenters. The summed E-state index contributed by atoms with van der Waals surface area (Å²) in [7, 11) is -0.765. The van der Waals surface area contributed by atoms with Gasteiger partial charge in [-0.15, -0.1) is 0 Å². The van der Waals surface area contributed by atoms with Crippen LogP contribution in [0.25, 0.3) is 11.0 Å². The molecule has 4 rings (SSSR count). The fraction of sp³-hybridized carbons (Fsp3) is 0.120. The van der Waals surface area contributed by atoms with Crippen LogP contribution in [0.15, 0.2) is 93.0 Å². The molecule has 9 heteroatoms. The van der Waals surface area contributed by atoms with Crippen LogP contribution in [0, 0.1) is 0 Å². The largest absolute Gasteiger partial charge is 0.493 e. The Bertz CT molecular complexity index is 1500. The smallest absolute Gasteiger partial charge is 0.349 e. The van der Waals surface area contributed by atoms with E-state index in [1.54, 1.807) is 18.2 Å². The number of nitrogens with zero attached hydrogens (tertiary/aromatic N) is 1. The van der Waals surface area contributed by atoms with Crippen molar-refractivity contribution in [2.75, 3.05) is 19.5 Å². The molecule has 0 saturated carbocycles. The van der Waals surface area contributed by atoms with Crippen molar-refractivity contribution in [1.82, 2.24) is 4.31 Å². The van der Waals surface area contributed by atoms with Crippen molar-refractivity contribution in [3.63, 3.8) is 0 Å². The van der Waals surface area contributed by atoms with E-state index in [9.17, 15) is 18.0 Å². The summed E-state index contributed by atoms with van der Waals surface area (Å²) in [5, 5.41) is 3.14.